The maximum atomic E-state index is 11.8. The molecular weight excluding hydrogens is 292 g/mol. The third-order valence-corrected chi connectivity index (χ3v) is 2.96. The van der Waals surface area contributed by atoms with Gasteiger partial charge in [-0.1, -0.05) is 30.3 Å². The van der Waals surface area contributed by atoms with Crippen molar-refractivity contribution >= 4 is 29.0 Å². The van der Waals surface area contributed by atoms with Crippen molar-refractivity contribution in [2.45, 2.75) is 13.8 Å². The lowest BCUT2D eigenvalue weighted by Gasteiger charge is -2.07. The van der Waals surface area contributed by atoms with Crippen molar-refractivity contribution in [3.63, 3.8) is 0 Å². The normalized spacial score (nSPS) is 10.8. The fourth-order valence-electron chi connectivity index (χ4n) is 1.90. The number of nitrogens with one attached hydrogen (secondary N) is 3. The summed E-state index contributed by atoms with van der Waals surface area (Å²) in [6, 6.07) is 15.9. The SMILES string of the molecule is CC(=O)Nc1cccc(C(C)=NNC(=O)Nc2ccccc2)c1. The molecule has 3 amide bonds. The molecule has 6 heteroatoms. The smallest absolute Gasteiger partial charge is 0.326 e. The minimum absolute atomic E-state index is 0.142. The molecule has 0 aliphatic heterocycles. The Morgan fingerprint density at radius 3 is 2.26 bits per heavy atom. The molecular formula is C17H18N4O2. The number of para-hydroxylation sites is 1. The Morgan fingerprint density at radius 2 is 1.57 bits per heavy atom. The van der Waals surface area contributed by atoms with Gasteiger partial charge in [0.25, 0.3) is 0 Å². The quantitative estimate of drug-likeness (QED) is 0.598. The Kier molecular flexibility index (Phi) is 5.46. The third-order valence-electron chi connectivity index (χ3n) is 2.96. The van der Waals surface area contributed by atoms with Crippen LogP contribution < -0.4 is 16.1 Å². The third kappa shape index (κ3) is 5.28. The number of amides is 3. The van der Waals surface area contributed by atoms with Crippen molar-refractivity contribution in [1.29, 1.82) is 0 Å². The molecule has 6 nitrogen and oxygen atoms in total. The first kappa shape index (κ1) is 16.2. The molecule has 118 valence electrons. The van der Waals surface area contributed by atoms with Gasteiger partial charge in [-0.25, -0.2) is 10.2 Å². The van der Waals surface area contributed by atoms with E-state index < -0.39 is 6.03 Å². The number of benzene rings is 2. The number of anilines is 2. The molecule has 0 aromatic heterocycles. The highest BCUT2D eigenvalue weighted by Gasteiger charge is 2.03. The molecule has 0 fully saturated rings. The van der Waals surface area contributed by atoms with E-state index in [0.717, 1.165) is 5.56 Å². The Balaban J connectivity index is 1.99. The summed E-state index contributed by atoms with van der Waals surface area (Å²) >= 11 is 0. The topological polar surface area (TPSA) is 82.6 Å². The highest BCUT2D eigenvalue weighted by atomic mass is 16.2. The lowest BCUT2D eigenvalue weighted by atomic mass is 10.1. The summed E-state index contributed by atoms with van der Waals surface area (Å²) in [5.74, 6) is -0.142. The minimum Gasteiger partial charge on any atom is -0.326 e. The highest BCUT2D eigenvalue weighted by Crippen LogP contribution is 2.11. The summed E-state index contributed by atoms with van der Waals surface area (Å²) < 4.78 is 0. The van der Waals surface area contributed by atoms with E-state index >= 15 is 0 Å². The average Bonchev–Trinajstić information content (AvgIpc) is 2.53. The second-order valence-electron chi connectivity index (χ2n) is 4.89. The van der Waals surface area contributed by atoms with Crippen LogP contribution >= 0.6 is 0 Å². The van der Waals surface area contributed by atoms with Gasteiger partial charge in [0.1, 0.15) is 0 Å². The maximum Gasteiger partial charge on any atom is 0.339 e. The van der Waals surface area contributed by atoms with Crippen molar-refractivity contribution < 1.29 is 9.59 Å². The molecule has 2 aromatic rings. The summed E-state index contributed by atoms with van der Waals surface area (Å²) in [5, 5.41) is 9.43. The van der Waals surface area contributed by atoms with Crippen molar-refractivity contribution in [3.05, 3.63) is 60.2 Å². The number of rotatable bonds is 4. The van der Waals surface area contributed by atoms with Gasteiger partial charge in [0.05, 0.1) is 5.71 Å². The van der Waals surface area contributed by atoms with Gasteiger partial charge in [-0.05, 0) is 36.8 Å². The Bertz CT molecular complexity index is 726. The molecule has 2 rings (SSSR count). The van der Waals surface area contributed by atoms with E-state index in [-0.39, 0.29) is 5.91 Å². The van der Waals surface area contributed by atoms with Crippen LogP contribution in [0.15, 0.2) is 59.7 Å². The van der Waals surface area contributed by atoms with E-state index in [1.807, 2.05) is 30.3 Å². The molecule has 0 atom stereocenters. The van der Waals surface area contributed by atoms with Crippen LogP contribution in [-0.4, -0.2) is 17.6 Å². The summed E-state index contributed by atoms with van der Waals surface area (Å²) in [5.41, 5.74) is 5.23. The zero-order valence-corrected chi connectivity index (χ0v) is 13.0. The Labute approximate surface area is 134 Å². The van der Waals surface area contributed by atoms with Crippen LogP contribution in [0.3, 0.4) is 0 Å². The van der Waals surface area contributed by atoms with Gasteiger partial charge in [-0.15, -0.1) is 0 Å². The van der Waals surface area contributed by atoms with Gasteiger partial charge in [-0.2, -0.15) is 5.10 Å². The van der Waals surface area contributed by atoms with Gasteiger partial charge in [0, 0.05) is 18.3 Å². The average molecular weight is 310 g/mol. The second kappa shape index (κ2) is 7.74. The Morgan fingerprint density at radius 1 is 0.870 bits per heavy atom. The number of hydrogen-bond donors (Lipinski definition) is 3. The summed E-state index contributed by atoms with van der Waals surface area (Å²) in [4.78, 5) is 22.9. The van der Waals surface area contributed by atoms with E-state index in [2.05, 4.69) is 21.2 Å². The summed E-state index contributed by atoms with van der Waals surface area (Å²) in [6.45, 7) is 3.22. The van der Waals surface area contributed by atoms with Crippen molar-refractivity contribution in [3.8, 4) is 0 Å². The van der Waals surface area contributed by atoms with E-state index in [0.29, 0.717) is 17.1 Å². The molecule has 0 radical (unpaired) electrons. The van der Waals surface area contributed by atoms with Crippen LogP contribution in [0, 0.1) is 0 Å². The fraction of sp³-hybridized carbons (Fsp3) is 0.118. The van der Waals surface area contributed by atoms with Gasteiger partial charge in [0.2, 0.25) is 5.91 Å². The van der Waals surface area contributed by atoms with Crippen LogP contribution in [0.4, 0.5) is 16.2 Å². The van der Waals surface area contributed by atoms with Crippen LogP contribution in [-0.2, 0) is 4.79 Å². The molecule has 2 aromatic carbocycles. The molecule has 0 saturated carbocycles. The van der Waals surface area contributed by atoms with Gasteiger partial charge in [-0.3, -0.25) is 4.79 Å². The highest BCUT2D eigenvalue weighted by molar-refractivity contribution is 6.01. The van der Waals surface area contributed by atoms with Gasteiger partial charge in [0.15, 0.2) is 0 Å². The van der Waals surface area contributed by atoms with Crippen LogP contribution in [0.5, 0.6) is 0 Å². The summed E-state index contributed by atoms with van der Waals surface area (Å²) in [7, 11) is 0. The van der Waals surface area contributed by atoms with E-state index in [1.54, 1.807) is 31.2 Å². The van der Waals surface area contributed by atoms with Crippen molar-refractivity contribution in [2.24, 2.45) is 5.10 Å². The molecule has 0 aliphatic carbocycles. The maximum absolute atomic E-state index is 11.8. The molecule has 0 bridgehead atoms. The van der Waals surface area contributed by atoms with Crippen molar-refractivity contribution in [2.75, 3.05) is 10.6 Å². The number of urea groups is 1. The van der Waals surface area contributed by atoms with E-state index in [4.69, 9.17) is 0 Å². The molecule has 0 spiro atoms. The molecule has 23 heavy (non-hydrogen) atoms. The van der Waals surface area contributed by atoms with Crippen LogP contribution in [0.1, 0.15) is 19.4 Å². The predicted octanol–water partition coefficient (Wildman–Crippen LogP) is 3.19. The van der Waals surface area contributed by atoms with E-state index in [1.165, 1.54) is 6.92 Å². The van der Waals surface area contributed by atoms with E-state index in [9.17, 15) is 9.59 Å². The molecule has 3 N–H and O–H groups in total. The Hall–Kier alpha value is -3.15. The number of carbonyl (C=O) groups excluding carboxylic acids is 2. The first-order valence-electron chi connectivity index (χ1n) is 7.09. The number of nitrogens with zero attached hydrogens (tertiary/aromatic N) is 1. The molecule has 0 unspecified atom stereocenters. The van der Waals surface area contributed by atoms with Crippen molar-refractivity contribution in [1.82, 2.24) is 5.43 Å². The lowest BCUT2D eigenvalue weighted by molar-refractivity contribution is -0.114. The second-order valence-corrected chi connectivity index (χ2v) is 4.89. The molecule has 0 saturated heterocycles. The largest absolute Gasteiger partial charge is 0.339 e. The first-order valence-corrected chi connectivity index (χ1v) is 7.09. The zero-order valence-electron chi connectivity index (χ0n) is 13.0. The minimum atomic E-state index is -0.423. The lowest BCUT2D eigenvalue weighted by Crippen LogP contribution is -2.25. The van der Waals surface area contributed by atoms with Crippen LogP contribution in [0.25, 0.3) is 0 Å². The monoisotopic (exact) mass is 310 g/mol. The van der Waals surface area contributed by atoms with Crippen LogP contribution in [0.2, 0.25) is 0 Å². The van der Waals surface area contributed by atoms with Gasteiger partial charge < -0.3 is 10.6 Å². The number of carbonyl (C=O) groups is 2. The zero-order chi connectivity index (χ0) is 16.7. The first-order chi connectivity index (χ1) is 11.0. The van der Waals surface area contributed by atoms with Gasteiger partial charge >= 0.3 is 6.03 Å². The fourth-order valence-corrected chi connectivity index (χ4v) is 1.90. The summed E-state index contributed by atoms with van der Waals surface area (Å²) in [6.07, 6.45) is 0. The number of hydrogen-bond acceptors (Lipinski definition) is 3. The predicted molar refractivity (Wildman–Crippen MR) is 91.6 cm³/mol. The standard InChI is InChI=1S/C17H18N4O2/c1-12(14-7-6-10-16(11-14)18-13(2)22)20-21-17(23)19-15-8-4-3-5-9-15/h3-11H,1-2H3,(H,18,22)(H2,19,21,23). The molecule has 0 heterocycles. The number of hydrazone groups is 1. The molecule has 0 aliphatic rings.